The maximum absolute atomic E-state index is 11.9. The topological polar surface area (TPSA) is 58.6 Å². The second kappa shape index (κ2) is 7.05. The fraction of sp³-hybridized carbons (Fsp3) is 0.467. The summed E-state index contributed by atoms with van der Waals surface area (Å²) in [6.07, 6.45) is 0.500. The molecule has 1 aromatic rings. The van der Waals surface area contributed by atoms with Crippen molar-refractivity contribution >= 4 is 11.8 Å². The van der Waals surface area contributed by atoms with Crippen LogP contribution in [-0.4, -0.2) is 43.5 Å². The van der Waals surface area contributed by atoms with Gasteiger partial charge in [0.05, 0.1) is 0 Å². The van der Waals surface area contributed by atoms with E-state index in [2.05, 4.69) is 5.32 Å². The Morgan fingerprint density at radius 1 is 1.40 bits per heavy atom. The number of carbonyl (C=O) groups excluding carboxylic acids is 2. The first-order valence-electron chi connectivity index (χ1n) is 6.76. The highest BCUT2D eigenvalue weighted by molar-refractivity contribution is 5.79. The minimum atomic E-state index is -0.138. The molecule has 20 heavy (non-hydrogen) atoms. The number of amides is 2. The quantitative estimate of drug-likeness (QED) is 0.836. The van der Waals surface area contributed by atoms with Crippen molar-refractivity contribution in [2.45, 2.75) is 13.0 Å². The predicted octanol–water partition coefficient (Wildman–Crippen LogP) is 0.798. The van der Waals surface area contributed by atoms with Gasteiger partial charge in [0.1, 0.15) is 6.61 Å². The summed E-state index contributed by atoms with van der Waals surface area (Å²) >= 11 is 0. The molecule has 1 fully saturated rings. The lowest BCUT2D eigenvalue weighted by Gasteiger charge is -2.17. The first kappa shape index (κ1) is 14.5. The lowest BCUT2D eigenvalue weighted by atomic mass is 10.1. The maximum Gasteiger partial charge on any atom is 0.245 e. The Kier molecular flexibility index (Phi) is 5.12. The third-order valence-corrected chi connectivity index (χ3v) is 3.37. The third kappa shape index (κ3) is 4.06. The van der Waals surface area contributed by atoms with Crippen LogP contribution in [0.15, 0.2) is 30.3 Å². The number of methoxy groups -OCH3 is 1. The van der Waals surface area contributed by atoms with Crippen LogP contribution in [0.2, 0.25) is 0 Å². The molecule has 108 valence electrons. The molecule has 0 aliphatic carbocycles. The molecule has 1 aliphatic rings. The van der Waals surface area contributed by atoms with E-state index in [9.17, 15) is 9.59 Å². The number of carbonyl (C=O) groups is 2. The molecule has 0 aromatic heterocycles. The van der Waals surface area contributed by atoms with Crippen LogP contribution in [0.4, 0.5) is 0 Å². The van der Waals surface area contributed by atoms with Gasteiger partial charge in [0.2, 0.25) is 11.8 Å². The van der Waals surface area contributed by atoms with Crippen molar-refractivity contribution in [3.63, 3.8) is 0 Å². The van der Waals surface area contributed by atoms with Crippen LogP contribution in [-0.2, 0) is 20.9 Å². The van der Waals surface area contributed by atoms with Gasteiger partial charge in [-0.1, -0.05) is 30.3 Å². The van der Waals surface area contributed by atoms with E-state index in [1.54, 1.807) is 0 Å². The van der Waals surface area contributed by atoms with Gasteiger partial charge in [-0.25, -0.2) is 0 Å². The normalized spacial score (nSPS) is 18.4. The molecule has 5 heteroatoms. The summed E-state index contributed by atoms with van der Waals surface area (Å²) in [4.78, 5) is 25.1. The number of nitrogens with one attached hydrogen (secondary N) is 1. The Balaban J connectivity index is 1.80. The summed E-state index contributed by atoms with van der Waals surface area (Å²) < 4.78 is 4.75. The highest BCUT2D eigenvalue weighted by Gasteiger charge is 2.29. The Bertz CT molecular complexity index is 461. The monoisotopic (exact) mass is 276 g/mol. The van der Waals surface area contributed by atoms with Crippen LogP contribution in [0.5, 0.6) is 0 Å². The fourth-order valence-corrected chi connectivity index (χ4v) is 2.39. The molecule has 2 amide bonds. The molecule has 1 aromatic carbocycles. The van der Waals surface area contributed by atoms with Gasteiger partial charge in [-0.2, -0.15) is 0 Å². The predicted molar refractivity (Wildman–Crippen MR) is 74.9 cm³/mol. The molecule has 1 unspecified atom stereocenters. The average molecular weight is 276 g/mol. The first-order chi connectivity index (χ1) is 9.69. The largest absolute Gasteiger partial charge is 0.375 e. The zero-order valence-corrected chi connectivity index (χ0v) is 11.7. The Morgan fingerprint density at radius 3 is 2.85 bits per heavy atom. The van der Waals surface area contributed by atoms with E-state index in [1.165, 1.54) is 7.11 Å². The van der Waals surface area contributed by atoms with Crippen LogP contribution in [0, 0.1) is 5.92 Å². The zero-order valence-electron chi connectivity index (χ0n) is 11.7. The summed E-state index contributed by atoms with van der Waals surface area (Å²) in [5, 5.41) is 2.79. The van der Waals surface area contributed by atoms with Crippen molar-refractivity contribution in [3.05, 3.63) is 35.9 Å². The van der Waals surface area contributed by atoms with Gasteiger partial charge in [0, 0.05) is 39.1 Å². The number of hydrogen-bond donors (Lipinski definition) is 1. The zero-order chi connectivity index (χ0) is 14.4. The second-order valence-corrected chi connectivity index (χ2v) is 5.07. The van der Waals surface area contributed by atoms with Crippen LogP contribution in [0.1, 0.15) is 12.0 Å². The Morgan fingerprint density at radius 2 is 2.15 bits per heavy atom. The SMILES string of the molecule is COCC(=O)NCC1CC(=O)N(Cc2ccccc2)C1. The van der Waals surface area contributed by atoms with Gasteiger partial charge in [-0.15, -0.1) is 0 Å². The summed E-state index contributed by atoms with van der Waals surface area (Å²) in [5.74, 6) is 0.202. The van der Waals surface area contributed by atoms with Crippen molar-refractivity contribution in [2.75, 3.05) is 26.8 Å². The molecular weight excluding hydrogens is 256 g/mol. The van der Waals surface area contributed by atoms with E-state index in [1.807, 2.05) is 35.2 Å². The standard InChI is InChI=1S/C15H20N2O3/c1-20-11-14(18)16-8-13-7-15(19)17(10-13)9-12-5-3-2-4-6-12/h2-6,13H,7-11H2,1H3,(H,16,18). The van der Waals surface area contributed by atoms with Gasteiger partial charge in [-0.05, 0) is 5.56 Å². The molecular formula is C15H20N2O3. The number of benzene rings is 1. The Hall–Kier alpha value is -1.88. The minimum Gasteiger partial charge on any atom is -0.375 e. The molecule has 2 rings (SSSR count). The molecule has 1 N–H and O–H groups in total. The Labute approximate surface area is 118 Å². The molecule has 1 heterocycles. The van der Waals surface area contributed by atoms with E-state index in [0.717, 1.165) is 5.56 Å². The maximum atomic E-state index is 11.9. The summed E-state index contributed by atoms with van der Waals surface area (Å²) in [6, 6.07) is 9.93. The van der Waals surface area contributed by atoms with Crippen molar-refractivity contribution in [1.82, 2.24) is 10.2 Å². The van der Waals surface area contributed by atoms with Gasteiger partial charge in [0.15, 0.2) is 0 Å². The minimum absolute atomic E-state index is 0.0639. The number of rotatable bonds is 6. The van der Waals surface area contributed by atoms with Crippen molar-refractivity contribution in [2.24, 2.45) is 5.92 Å². The molecule has 0 bridgehead atoms. The molecule has 1 atom stereocenters. The average Bonchev–Trinajstić information content (AvgIpc) is 2.79. The molecule has 0 saturated carbocycles. The molecule has 0 radical (unpaired) electrons. The molecule has 1 saturated heterocycles. The van der Waals surface area contributed by atoms with Crippen LogP contribution < -0.4 is 5.32 Å². The van der Waals surface area contributed by atoms with Crippen LogP contribution in [0.25, 0.3) is 0 Å². The number of likely N-dealkylation sites (tertiary alicyclic amines) is 1. The van der Waals surface area contributed by atoms with E-state index in [0.29, 0.717) is 26.1 Å². The molecule has 0 spiro atoms. The lowest BCUT2D eigenvalue weighted by molar-refractivity contribution is -0.128. The van der Waals surface area contributed by atoms with Gasteiger partial charge >= 0.3 is 0 Å². The van der Waals surface area contributed by atoms with E-state index in [-0.39, 0.29) is 24.3 Å². The van der Waals surface area contributed by atoms with Crippen molar-refractivity contribution in [1.29, 1.82) is 0 Å². The summed E-state index contributed by atoms with van der Waals surface area (Å²) in [5.41, 5.74) is 1.13. The first-order valence-corrected chi connectivity index (χ1v) is 6.76. The van der Waals surface area contributed by atoms with E-state index < -0.39 is 0 Å². The number of nitrogens with zero attached hydrogens (tertiary/aromatic N) is 1. The molecule has 1 aliphatic heterocycles. The fourth-order valence-electron chi connectivity index (χ4n) is 2.39. The van der Waals surface area contributed by atoms with Gasteiger partial charge < -0.3 is 15.0 Å². The van der Waals surface area contributed by atoms with Crippen molar-refractivity contribution < 1.29 is 14.3 Å². The summed E-state index contributed by atoms with van der Waals surface area (Å²) in [6.45, 7) is 1.93. The second-order valence-electron chi connectivity index (χ2n) is 5.07. The lowest BCUT2D eigenvalue weighted by Crippen LogP contribution is -2.33. The number of hydrogen-bond acceptors (Lipinski definition) is 3. The van der Waals surface area contributed by atoms with Crippen molar-refractivity contribution in [3.8, 4) is 0 Å². The highest BCUT2D eigenvalue weighted by atomic mass is 16.5. The number of ether oxygens (including phenoxy) is 1. The van der Waals surface area contributed by atoms with Crippen LogP contribution >= 0.6 is 0 Å². The third-order valence-electron chi connectivity index (χ3n) is 3.37. The smallest absolute Gasteiger partial charge is 0.245 e. The van der Waals surface area contributed by atoms with Gasteiger partial charge in [0.25, 0.3) is 0 Å². The van der Waals surface area contributed by atoms with Crippen LogP contribution in [0.3, 0.4) is 0 Å². The highest BCUT2D eigenvalue weighted by Crippen LogP contribution is 2.19. The van der Waals surface area contributed by atoms with Gasteiger partial charge in [-0.3, -0.25) is 9.59 Å². The summed E-state index contributed by atoms with van der Waals surface area (Å²) in [7, 11) is 1.49. The van der Waals surface area contributed by atoms with E-state index in [4.69, 9.17) is 4.74 Å². The molecule has 5 nitrogen and oxygen atoms in total. The van der Waals surface area contributed by atoms with E-state index >= 15 is 0 Å².